The number of nitrogens with two attached hydrogens (primary N) is 1. The van der Waals surface area contributed by atoms with Crippen LogP contribution in [0.5, 0.6) is 0 Å². The Morgan fingerprint density at radius 3 is 2.94 bits per heavy atom. The first-order valence-corrected chi connectivity index (χ1v) is 6.71. The average molecular weight is 244 g/mol. The van der Waals surface area contributed by atoms with Gasteiger partial charge in [0.15, 0.2) is 5.03 Å². The van der Waals surface area contributed by atoms with Crippen LogP contribution in [0.15, 0.2) is 17.3 Å². The van der Waals surface area contributed by atoms with E-state index in [0.717, 1.165) is 6.42 Å². The van der Waals surface area contributed by atoms with Crippen LogP contribution in [0.25, 0.3) is 0 Å². The highest BCUT2D eigenvalue weighted by atomic mass is 32.2. The molecule has 0 spiro atoms. The lowest BCUT2D eigenvalue weighted by atomic mass is 9.96. The molecule has 0 bridgehead atoms. The Kier molecular flexibility index (Phi) is 3.00. The van der Waals surface area contributed by atoms with E-state index in [1.54, 1.807) is 0 Å². The molecule has 1 aromatic heterocycles. The number of H-pyrrole nitrogens is 1. The third kappa shape index (κ3) is 1.98. The van der Waals surface area contributed by atoms with E-state index < -0.39 is 10.0 Å². The molecule has 0 amide bonds. The molecule has 2 rings (SSSR count). The van der Waals surface area contributed by atoms with Crippen molar-refractivity contribution >= 4 is 10.0 Å². The second-order valence-corrected chi connectivity index (χ2v) is 6.12. The quantitative estimate of drug-likeness (QED) is 0.751. The van der Waals surface area contributed by atoms with Gasteiger partial charge in [-0.15, -0.1) is 0 Å². The van der Waals surface area contributed by atoms with Crippen LogP contribution in [0, 0.1) is 5.92 Å². The fourth-order valence-electron chi connectivity index (χ4n) is 1.81. The Morgan fingerprint density at radius 2 is 2.38 bits per heavy atom. The number of piperidine rings is 1. The van der Waals surface area contributed by atoms with Crippen LogP contribution in [-0.2, 0) is 10.0 Å². The van der Waals surface area contributed by atoms with Gasteiger partial charge >= 0.3 is 0 Å². The highest BCUT2D eigenvalue weighted by Gasteiger charge is 2.32. The molecule has 2 unspecified atom stereocenters. The van der Waals surface area contributed by atoms with E-state index in [2.05, 4.69) is 10.2 Å². The van der Waals surface area contributed by atoms with Crippen molar-refractivity contribution < 1.29 is 8.42 Å². The monoisotopic (exact) mass is 244 g/mol. The summed E-state index contributed by atoms with van der Waals surface area (Å²) in [6.07, 6.45) is 2.23. The molecular weight excluding hydrogens is 228 g/mol. The molecule has 1 fully saturated rings. The van der Waals surface area contributed by atoms with E-state index in [9.17, 15) is 8.42 Å². The molecule has 2 heterocycles. The number of nitrogens with one attached hydrogen (secondary N) is 1. The summed E-state index contributed by atoms with van der Waals surface area (Å²) < 4.78 is 25.6. The number of aromatic nitrogens is 2. The van der Waals surface area contributed by atoms with Gasteiger partial charge < -0.3 is 5.73 Å². The lowest BCUT2D eigenvalue weighted by molar-refractivity contribution is 0.252. The van der Waals surface area contributed by atoms with Crippen LogP contribution in [0.1, 0.15) is 13.3 Å². The van der Waals surface area contributed by atoms with Crippen LogP contribution >= 0.6 is 0 Å². The molecule has 1 aliphatic heterocycles. The number of rotatable bonds is 2. The van der Waals surface area contributed by atoms with Crippen LogP contribution in [0.4, 0.5) is 0 Å². The summed E-state index contributed by atoms with van der Waals surface area (Å²) in [6.45, 7) is 2.95. The van der Waals surface area contributed by atoms with Gasteiger partial charge in [-0.1, -0.05) is 6.92 Å². The Balaban J connectivity index is 2.20. The van der Waals surface area contributed by atoms with Crippen molar-refractivity contribution in [1.82, 2.24) is 14.5 Å². The van der Waals surface area contributed by atoms with Gasteiger partial charge in [0.2, 0.25) is 0 Å². The Hall–Kier alpha value is -0.920. The van der Waals surface area contributed by atoms with Gasteiger partial charge in [0, 0.05) is 19.1 Å². The minimum absolute atomic E-state index is 0.0913. The summed E-state index contributed by atoms with van der Waals surface area (Å²) in [7, 11) is -3.44. The topological polar surface area (TPSA) is 92.1 Å². The minimum atomic E-state index is -3.44. The zero-order valence-electron chi connectivity index (χ0n) is 9.13. The highest BCUT2D eigenvalue weighted by molar-refractivity contribution is 7.89. The standard InChI is InChI=1S/C9H16N4O2S/c1-7-3-5-13(6-8(7)10)16(14,15)9-2-4-11-12-9/h2,4,7-8H,3,5-6,10H2,1H3,(H,11,12). The second-order valence-electron chi connectivity index (χ2n) is 4.21. The van der Waals surface area contributed by atoms with Crippen molar-refractivity contribution in [2.45, 2.75) is 24.4 Å². The van der Waals surface area contributed by atoms with Crippen LogP contribution in [0.3, 0.4) is 0 Å². The maximum atomic E-state index is 12.1. The molecule has 0 saturated carbocycles. The molecule has 6 nitrogen and oxygen atoms in total. The molecule has 90 valence electrons. The first kappa shape index (κ1) is 11.6. The number of sulfonamides is 1. The summed E-state index contributed by atoms with van der Waals surface area (Å²) in [5.41, 5.74) is 5.89. The lowest BCUT2D eigenvalue weighted by Gasteiger charge is -2.33. The van der Waals surface area contributed by atoms with Gasteiger partial charge in [-0.2, -0.15) is 9.40 Å². The van der Waals surface area contributed by atoms with E-state index in [1.165, 1.54) is 16.6 Å². The van der Waals surface area contributed by atoms with Crippen LogP contribution < -0.4 is 5.73 Å². The van der Waals surface area contributed by atoms with E-state index in [4.69, 9.17) is 5.73 Å². The molecule has 0 aliphatic carbocycles. The molecule has 0 aromatic carbocycles. The van der Waals surface area contributed by atoms with Crippen molar-refractivity contribution in [2.24, 2.45) is 11.7 Å². The zero-order chi connectivity index (χ0) is 11.8. The number of aromatic amines is 1. The van der Waals surface area contributed by atoms with E-state index in [1.807, 2.05) is 6.92 Å². The number of hydrogen-bond acceptors (Lipinski definition) is 4. The Bertz CT molecular complexity index is 442. The van der Waals surface area contributed by atoms with Gasteiger partial charge in [0.1, 0.15) is 0 Å². The molecule has 1 aromatic rings. The molecular formula is C9H16N4O2S. The summed E-state index contributed by atoms with van der Waals surface area (Å²) in [5.74, 6) is 0.369. The van der Waals surface area contributed by atoms with Crippen molar-refractivity contribution in [3.8, 4) is 0 Å². The van der Waals surface area contributed by atoms with E-state index in [0.29, 0.717) is 19.0 Å². The third-order valence-electron chi connectivity index (χ3n) is 3.07. The van der Waals surface area contributed by atoms with Crippen molar-refractivity contribution in [1.29, 1.82) is 0 Å². The predicted octanol–water partition coefficient (Wildman–Crippen LogP) is -0.232. The largest absolute Gasteiger partial charge is 0.326 e. The molecule has 7 heteroatoms. The molecule has 1 saturated heterocycles. The fourth-order valence-corrected chi connectivity index (χ4v) is 3.21. The predicted molar refractivity (Wildman–Crippen MR) is 59.1 cm³/mol. The Morgan fingerprint density at radius 1 is 1.62 bits per heavy atom. The van der Waals surface area contributed by atoms with Gasteiger partial charge in [-0.3, -0.25) is 5.10 Å². The summed E-state index contributed by atoms with van der Waals surface area (Å²) >= 11 is 0. The zero-order valence-corrected chi connectivity index (χ0v) is 9.94. The maximum absolute atomic E-state index is 12.1. The van der Waals surface area contributed by atoms with E-state index >= 15 is 0 Å². The van der Waals surface area contributed by atoms with Gasteiger partial charge in [-0.05, 0) is 18.4 Å². The van der Waals surface area contributed by atoms with Crippen molar-refractivity contribution in [2.75, 3.05) is 13.1 Å². The average Bonchev–Trinajstić information content (AvgIpc) is 2.75. The van der Waals surface area contributed by atoms with Crippen LogP contribution in [-0.4, -0.2) is 42.1 Å². The SMILES string of the molecule is CC1CCN(S(=O)(=O)c2ccn[nH]2)CC1N. The maximum Gasteiger partial charge on any atom is 0.260 e. The second kappa shape index (κ2) is 4.15. The van der Waals surface area contributed by atoms with Gasteiger partial charge in [0.25, 0.3) is 10.0 Å². The molecule has 2 atom stereocenters. The minimum Gasteiger partial charge on any atom is -0.326 e. The van der Waals surface area contributed by atoms with Crippen LogP contribution in [0.2, 0.25) is 0 Å². The van der Waals surface area contributed by atoms with Crippen molar-refractivity contribution in [3.63, 3.8) is 0 Å². The van der Waals surface area contributed by atoms with Gasteiger partial charge in [0.05, 0.1) is 6.20 Å². The lowest BCUT2D eigenvalue weighted by Crippen LogP contribution is -2.49. The summed E-state index contributed by atoms with van der Waals surface area (Å²) in [6, 6.07) is 1.37. The normalized spacial score (nSPS) is 28.1. The first-order valence-electron chi connectivity index (χ1n) is 5.27. The van der Waals surface area contributed by atoms with Crippen molar-refractivity contribution in [3.05, 3.63) is 12.3 Å². The summed E-state index contributed by atoms with van der Waals surface area (Å²) in [5, 5.41) is 6.27. The fraction of sp³-hybridized carbons (Fsp3) is 0.667. The third-order valence-corrected chi connectivity index (χ3v) is 4.87. The summed E-state index contributed by atoms with van der Waals surface area (Å²) in [4.78, 5) is 0. The molecule has 3 N–H and O–H groups in total. The first-order chi connectivity index (χ1) is 7.51. The van der Waals surface area contributed by atoms with E-state index in [-0.39, 0.29) is 11.1 Å². The number of hydrogen-bond donors (Lipinski definition) is 2. The molecule has 1 aliphatic rings. The number of nitrogens with zero attached hydrogens (tertiary/aromatic N) is 2. The smallest absolute Gasteiger partial charge is 0.260 e. The highest BCUT2D eigenvalue weighted by Crippen LogP contribution is 2.21. The van der Waals surface area contributed by atoms with Gasteiger partial charge in [-0.25, -0.2) is 8.42 Å². The Labute approximate surface area is 94.9 Å². The molecule has 0 radical (unpaired) electrons. The molecule has 16 heavy (non-hydrogen) atoms.